The maximum absolute atomic E-state index is 11.7. The molecule has 0 aliphatic carbocycles. The third-order valence-electron chi connectivity index (χ3n) is 2.68. The zero-order chi connectivity index (χ0) is 14.8. The zero-order valence-corrected chi connectivity index (χ0v) is 12.2. The van der Waals surface area contributed by atoms with Crippen molar-refractivity contribution in [2.24, 2.45) is 5.73 Å². The fourth-order valence-electron chi connectivity index (χ4n) is 1.73. The number of aryl methyl sites for hydroxylation is 1. The van der Waals surface area contributed by atoms with E-state index in [4.69, 9.17) is 10.5 Å². The third kappa shape index (κ3) is 5.43. The molecule has 0 unspecified atom stereocenters. The molecule has 0 saturated heterocycles. The van der Waals surface area contributed by atoms with Crippen molar-refractivity contribution in [1.82, 2.24) is 0 Å². The van der Waals surface area contributed by atoms with E-state index in [1.165, 1.54) is 0 Å². The van der Waals surface area contributed by atoms with Crippen LogP contribution in [0.4, 0.5) is 5.69 Å². The Morgan fingerprint density at radius 2 is 2.20 bits per heavy atom. The van der Waals surface area contributed by atoms with Gasteiger partial charge in [0.2, 0.25) is 5.91 Å². The molecule has 0 heterocycles. The van der Waals surface area contributed by atoms with E-state index in [1.807, 2.05) is 32.0 Å². The molecule has 4 heteroatoms. The quantitative estimate of drug-likeness (QED) is 0.615. The number of amides is 1. The normalized spacial score (nSPS) is 9.75. The zero-order valence-electron chi connectivity index (χ0n) is 12.2. The fraction of sp³-hybridized carbons (Fsp3) is 0.438. The first-order chi connectivity index (χ1) is 9.71. The number of rotatable bonds is 6. The van der Waals surface area contributed by atoms with Crippen LogP contribution in [-0.2, 0) is 16.0 Å². The Bertz CT molecular complexity index is 501. The molecule has 0 saturated carbocycles. The first-order valence-corrected chi connectivity index (χ1v) is 6.90. The van der Waals surface area contributed by atoms with Gasteiger partial charge in [-0.1, -0.05) is 25.7 Å². The van der Waals surface area contributed by atoms with Crippen molar-refractivity contribution in [2.75, 3.05) is 25.1 Å². The Balaban J connectivity index is 2.72. The third-order valence-corrected chi connectivity index (χ3v) is 2.68. The summed E-state index contributed by atoms with van der Waals surface area (Å²) in [7, 11) is 0. The van der Waals surface area contributed by atoms with Gasteiger partial charge in [-0.15, -0.1) is 0 Å². The second-order valence-corrected chi connectivity index (χ2v) is 4.33. The molecule has 1 amide bonds. The van der Waals surface area contributed by atoms with E-state index in [-0.39, 0.29) is 12.5 Å². The van der Waals surface area contributed by atoms with Gasteiger partial charge in [0.15, 0.2) is 0 Å². The molecule has 3 N–H and O–H groups in total. The van der Waals surface area contributed by atoms with Gasteiger partial charge in [0.05, 0.1) is 6.54 Å². The lowest BCUT2D eigenvalue weighted by molar-refractivity contribution is -0.120. The highest BCUT2D eigenvalue weighted by atomic mass is 16.5. The van der Waals surface area contributed by atoms with Gasteiger partial charge >= 0.3 is 0 Å². The number of benzene rings is 1. The second kappa shape index (κ2) is 9.13. The number of ether oxygens (including phenoxy) is 1. The Morgan fingerprint density at radius 1 is 1.40 bits per heavy atom. The lowest BCUT2D eigenvalue weighted by Crippen LogP contribution is -2.19. The number of anilines is 1. The van der Waals surface area contributed by atoms with Crippen LogP contribution in [0.25, 0.3) is 0 Å². The number of carbonyl (C=O) groups is 1. The Hall–Kier alpha value is -1.83. The van der Waals surface area contributed by atoms with E-state index in [2.05, 4.69) is 17.2 Å². The van der Waals surface area contributed by atoms with Crippen molar-refractivity contribution in [1.29, 1.82) is 0 Å². The van der Waals surface area contributed by atoms with Crippen molar-refractivity contribution in [3.8, 4) is 11.8 Å². The van der Waals surface area contributed by atoms with Crippen molar-refractivity contribution in [3.05, 3.63) is 29.3 Å². The van der Waals surface area contributed by atoms with Gasteiger partial charge in [-0.25, -0.2) is 0 Å². The van der Waals surface area contributed by atoms with E-state index in [1.54, 1.807) is 0 Å². The molecule has 0 bridgehead atoms. The molecule has 1 aromatic carbocycles. The van der Waals surface area contributed by atoms with E-state index in [9.17, 15) is 4.79 Å². The average Bonchev–Trinajstić information content (AvgIpc) is 2.46. The molecule has 0 aliphatic heterocycles. The summed E-state index contributed by atoms with van der Waals surface area (Å²) < 4.78 is 5.22. The lowest BCUT2D eigenvalue weighted by atomic mass is 10.1. The molecule has 1 aromatic rings. The molecule has 0 aromatic heterocycles. The number of hydrogen-bond acceptors (Lipinski definition) is 3. The Morgan fingerprint density at radius 3 is 2.85 bits per heavy atom. The minimum Gasteiger partial charge on any atom is -0.372 e. The predicted molar refractivity (Wildman–Crippen MR) is 81.5 cm³/mol. The number of carbonyl (C=O) groups excluding carboxylic acids is 1. The molecule has 1 rings (SSSR count). The summed E-state index contributed by atoms with van der Waals surface area (Å²) in [6.45, 7) is 5.08. The van der Waals surface area contributed by atoms with E-state index in [0.29, 0.717) is 13.2 Å². The molecule has 20 heavy (non-hydrogen) atoms. The van der Waals surface area contributed by atoms with Gasteiger partial charge in [0.1, 0.15) is 6.61 Å². The van der Waals surface area contributed by atoms with Crippen molar-refractivity contribution >= 4 is 11.6 Å². The predicted octanol–water partition coefficient (Wildman–Crippen LogP) is 1.92. The van der Waals surface area contributed by atoms with Gasteiger partial charge in [0, 0.05) is 17.9 Å². The smallest absolute Gasteiger partial charge is 0.250 e. The van der Waals surface area contributed by atoms with Crippen molar-refractivity contribution in [3.63, 3.8) is 0 Å². The molecule has 4 nitrogen and oxygen atoms in total. The van der Waals surface area contributed by atoms with E-state index < -0.39 is 0 Å². The summed E-state index contributed by atoms with van der Waals surface area (Å²) in [6, 6.07) is 5.73. The molecule has 0 aliphatic rings. The maximum atomic E-state index is 11.7. The van der Waals surface area contributed by atoms with Crippen LogP contribution < -0.4 is 11.1 Å². The van der Waals surface area contributed by atoms with Crippen molar-refractivity contribution in [2.45, 2.75) is 26.7 Å². The number of hydrogen-bond donors (Lipinski definition) is 2. The standard InChI is InChI=1S/C16H22N2O2/c1-3-10-20-12-16(19)18-15-8-7-13(6-5-9-17)11-14(15)4-2/h7-8,11H,3-4,9-10,12,17H2,1-2H3,(H,18,19). The highest BCUT2D eigenvalue weighted by molar-refractivity contribution is 5.92. The summed E-state index contributed by atoms with van der Waals surface area (Å²) in [6.07, 6.45) is 1.73. The van der Waals surface area contributed by atoms with Gasteiger partial charge in [0.25, 0.3) is 0 Å². The van der Waals surface area contributed by atoms with Crippen LogP contribution in [0.5, 0.6) is 0 Å². The molecule has 0 spiro atoms. The number of nitrogens with two attached hydrogens (primary N) is 1. The van der Waals surface area contributed by atoms with Crippen LogP contribution in [0.3, 0.4) is 0 Å². The molecule has 0 radical (unpaired) electrons. The summed E-state index contributed by atoms with van der Waals surface area (Å²) in [4.78, 5) is 11.7. The van der Waals surface area contributed by atoms with Crippen LogP contribution in [-0.4, -0.2) is 25.7 Å². The molecule has 108 valence electrons. The highest BCUT2D eigenvalue weighted by Gasteiger charge is 2.06. The first-order valence-electron chi connectivity index (χ1n) is 6.90. The van der Waals surface area contributed by atoms with E-state index in [0.717, 1.165) is 29.7 Å². The average molecular weight is 274 g/mol. The van der Waals surface area contributed by atoms with Crippen LogP contribution >= 0.6 is 0 Å². The van der Waals surface area contributed by atoms with Gasteiger partial charge in [-0.2, -0.15) is 0 Å². The van der Waals surface area contributed by atoms with Gasteiger partial charge in [-0.05, 0) is 36.6 Å². The van der Waals surface area contributed by atoms with Gasteiger partial charge < -0.3 is 15.8 Å². The fourth-order valence-corrected chi connectivity index (χ4v) is 1.73. The summed E-state index contributed by atoms with van der Waals surface area (Å²) >= 11 is 0. The highest BCUT2D eigenvalue weighted by Crippen LogP contribution is 2.18. The maximum Gasteiger partial charge on any atom is 0.250 e. The second-order valence-electron chi connectivity index (χ2n) is 4.33. The van der Waals surface area contributed by atoms with Crippen molar-refractivity contribution < 1.29 is 9.53 Å². The lowest BCUT2D eigenvalue weighted by Gasteiger charge is -2.10. The van der Waals surface area contributed by atoms with Gasteiger partial charge in [-0.3, -0.25) is 4.79 Å². The van der Waals surface area contributed by atoms with Crippen LogP contribution in [0, 0.1) is 11.8 Å². The minimum absolute atomic E-state index is 0.0890. The Kier molecular flexibility index (Phi) is 7.41. The SMILES string of the molecule is CCCOCC(=O)Nc1ccc(C#CCN)cc1CC. The largest absolute Gasteiger partial charge is 0.372 e. The van der Waals surface area contributed by atoms with Crippen LogP contribution in [0.15, 0.2) is 18.2 Å². The van der Waals surface area contributed by atoms with E-state index >= 15 is 0 Å². The Labute approximate surface area is 120 Å². The van der Waals surface area contributed by atoms with Crippen LogP contribution in [0.1, 0.15) is 31.4 Å². The molecule has 0 atom stereocenters. The number of nitrogens with one attached hydrogen (secondary N) is 1. The summed E-state index contributed by atoms with van der Waals surface area (Å²) in [5, 5.41) is 2.87. The first kappa shape index (κ1) is 16.2. The molecule has 0 fully saturated rings. The minimum atomic E-state index is -0.131. The molecular weight excluding hydrogens is 252 g/mol. The molecular formula is C16H22N2O2. The monoisotopic (exact) mass is 274 g/mol. The topological polar surface area (TPSA) is 64.3 Å². The summed E-state index contributed by atoms with van der Waals surface area (Å²) in [5.74, 6) is 5.68. The van der Waals surface area contributed by atoms with Crippen LogP contribution in [0.2, 0.25) is 0 Å². The summed E-state index contributed by atoms with van der Waals surface area (Å²) in [5.41, 5.74) is 8.13.